The van der Waals surface area contributed by atoms with Crippen molar-refractivity contribution in [3.63, 3.8) is 0 Å². The van der Waals surface area contributed by atoms with Gasteiger partial charge in [-0.1, -0.05) is 6.42 Å². The molecular formula is C19H25N3O2. The summed E-state index contributed by atoms with van der Waals surface area (Å²) in [5.74, 6) is 0.0922. The number of pyridine rings is 2. The Morgan fingerprint density at radius 2 is 1.88 bits per heavy atom. The molecule has 0 aliphatic carbocycles. The van der Waals surface area contributed by atoms with E-state index in [1.807, 2.05) is 26.0 Å². The molecule has 3 rings (SSSR count). The Labute approximate surface area is 142 Å². The molecule has 2 aromatic heterocycles. The smallest absolute Gasteiger partial charge is 0.259 e. The second-order valence-corrected chi connectivity index (χ2v) is 6.41. The van der Waals surface area contributed by atoms with Crippen LogP contribution in [0.15, 0.2) is 35.4 Å². The van der Waals surface area contributed by atoms with E-state index in [9.17, 15) is 9.90 Å². The van der Waals surface area contributed by atoms with Crippen molar-refractivity contribution in [3.8, 4) is 5.75 Å². The van der Waals surface area contributed by atoms with E-state index in [4.69, 9.17) is 0 Å². The van der Waals surface area contributed by atoms with Gasteiger partial charge in [0.25, 0.3) is 5.56 Å². The van der Waals surface area contributed by atoms with Crippen LogP contribution in [0.3, 0.4) is 0 Å². The highest BCUT2D eigenvalue weighted by atomic mass is 16.3. The fourth-order valence-corrected chi connectivity index (χ4v) is 3.70. The Morgan fingerprint density at radius 3 is 2.50 bits per heavy atom. The van der Waals surface area contributed by atoms with Crippen LogP contribution in [0.2, 0.25) is 0 Å². The van der Waals surface area contributed by atoms with Gasteiger partial charge in [-0.2, -0.15) is 0 Å². The monoisotopic (exact) mass is 327 g/mol. The Kier molecular flexibility index (Phi) is 5.00. The summed E-state index contributed by atoms with van der Waals surface area (Å²) in [6.45, 7) is 6.28. The second-order valence-electron chi connectivity index (χ2n) is 6.41. The maximum absolute atomic E-state index is 13.1. The van der Waals surface area contributed by atoms with Gasteiger partial charge in [0.1, 0.15) is 5.75 Å². The summed E-state index contributed by atoms with van der Waals surface area (Å²) in [5, 5.41) is 10.6. The first-order valence-corrected chi connectivity index (χ1v) is 8.70. The SMILES string of the molecule is CCn1c(C)cc(O)c([C@H](c2ccncc2)N2CCCCC2)c1=O. The van der Waals surface area contributed by atoms with Crippen molar-refractivity contribution < 1.29 is 5.11 Å². The fourth-order valence-electron chi connectivity index (χ4n) is 3.70. The van der Waals surface area contributed by atoms with Crippen molar-refractivity contribution in [2.45, 2.75) is 45.7 Å². The van der Waals surface area contributed by atoms with Crippen molar-refractivity contribution >= 4 is 0 Å². The van der Waals surface area contributed by atoms with Gasteiger partial charge in [-0.25, -0.2) is 0 Å². The highest BCUT2D eigenvalue weighted by Gasteiger charge is 2.29. The van der Waals surface area contributed by atoms with E-state index in [0.717, 1.165) is 37.2 Å². The number of aromatic hydroxyl groups is 1. The third kappa shape index (κ3) is 3.08. The van der Waals surface area contributed by atoms with E-state index in [1.165, 1.54) is 6.42 Å². The van der Waals surface area contributed by atoms with Gasteiger partial charge in [0.2, 0.25) is 0 Å². The summed E-state index contributed by atoms with van der Waals surface area (Å²) in [7, 11) is 0. The van der Waals surface area contributed by atoms with E-state index < -0.39 is 0 Å². The van der Waals surface area contributed by atoms with Crippen LogP contribution in [0, 0.1) is 6.92 Å². The van der Waals surface area contributed by atoms with Crippen LogP contribution in [0.4, 0.5) is 0 Å². The number of aromatic nitrogens is 2. The number of hydrogen-bond acceptors (Lipinski definition) is 4. The summed E-state index contributed by atoms with van der Waals surface area (Å²) in [5.41, 5.74) is 2.18. The summed E-state index contributed by atoms with van der Waals surface area (Å²) in [4.78, 5) is 19.5. The quantitative estimate of drug-likeness (QED) is 0.938. The van der Waals surface area contributed by atoms with Gasteiger partial charge in [0.15, 0.2) is 0 Å². The average Bonchev–Trinajstić information content (AvgIpc) is 2.60. The molecule has 128 valence electrons. The maximum Gasteiger partial charge on any atom is 0.259 e. The lowest BCUT2D eigenvalue weighted by molar-refractivity contribution is 0.183. The van der Waals surface area contributed by atoms with Gasteiger partial charge >= 0.3 is 0 Å². The zero-order chi connectivity index (χ0) is 17.1. The number of likely N-dealkylation sites (tertiary alicyclic amines) is 1. The molecule has 2 aromatic rings. The Hall–Kier alpha value is -2.14. The van der Waals surface area contributed by atoms with Crippen LogP contribution in [0.5, 0.6) is 5.75 Å². The standard InChI is InChI=1S/C19H25N3O2/c1-3-22-14(2)13-16(23)17(19(22)24)18(15-7-9-20-10-8-15)21-11-5-4-6-12-21/h7-10,13,18,23H,3-6,11-12H2,1-2H3/t18-/m0/s1. The molecule has 0 radical (unpaired) electrons. The van der Waals surface area contributed by atoms with Gasteiger partial charge < -0.3 is 9.67 Å². The minimum absolute atomic E-state index is 0.0922. The molecule has 1 N–H and O–H groups in total. The van der Waals surface area contributed by atoms with E-state index in [2.05, 4.69) is 9.88 Å². The van der Waals surface area contributed by atoms with Crippen molar-refractivity contribution in [3.05, 3.63) is 57.8 Å². The highest BCUT2D eigenvalue weighted by Crippen LogP contribution is 2.33. The molecule has 24 heavy (non-hydrogen) atoms. The summed E-state index contributed by atoms with van der Waals surface area (Å²) < 4.78 is 1.73. The molecule has 3 heterocycles. The molecule has 0 aromatic carbocycles. The zero-order valence-corrected chi connectivity index (χ0v) is 14.4. The van der Waals surface area contributed by atoms with Gasteiger partial charge in [-0.05, 0) is 63.5 Å². The van der Waals surface area contributed by atoms with Crippen LogP contribution in [-0.2, 0) is 6.54 Å². The first-order valence-electron chi connectivity index (χ1n) is 8.70. The third-order valence-electron chi connectivity index (χ3n) is 4.89. The number of hydrogen-bond donors (Lipinski definition) is 1. The molecule has 0 bridgehead atoms. The van der Waals surface area contributed by atoms with Crippen LogP contribution < -0.4 is 5.56 Å². The van der Waals surface area contributed by atoms with Crippen LogP contribution >= 0.6 is 0 Å². The zero-order valence-electron chi connectivity index (χ0n) is 14.4. The largest absolute Gasteiger partial charge is 0.507 e. The molecule has 1 atom stereocenters. The van der Waals surface area contributed by atoms with E-state index in [-0.39, 0.29) is 17.4 Å². The minimum Gasteiger partial charge on any atom is -0.507 e. The fraction of sp³-hybridized carbons (Fsp3) is 0.474. The Balaban J connectivity index is 2.18. The van der Waals surface area contributed by atoms with Gasteiger partial charge in [0.05, 0.1) is 11.6 Å². The van der Waals surface area contributed by atoms with Gasteiger partial charge in [0, 0.05) is 24.6 Å². The molecule has 0 amide bonds. The Bertz CT molecular complexity index is 749. The average molecular weight is 327 g/mol. The topological polar surface area (TPSA) is 58.4 Å². The highest BCUT2D eigenvalue weighted by molar-refractivity contribution is 5.40. The molecular weight excluding hydrogens is 302 g/mol. The summed E-state index contributed by atoms with van der Waals surface area (Å²) >= 11 is 0. The lowest BCUT2D eigenvalue weighted by Gasteiger charge is -2.35. The van der Waals surface area contributed by atoms with Crippen LogP contribution in [-0.4, -0.2) is 32.6 Å². The predicted octanol–water partition coefficient (Wildman–Crippen LogP) is 2.85. The summed E-state index contributed by atoms with van der Waals surface area (Å²) in [6, 6.07) is 5.36. The predicted molar refractivity (Wildman–Crippen MR) is 94.3 cm³/mol. The maximum atomic E-state index is 13.1. The number of piperidine rings is 1. The molecule has 0 spiro atoms. The first-order chi connectivity index (χ1) is 11.6. The van der Waals surface area contributed by atoms with E-state index in [0.29, 0.717) is 12.1 Å². The van der Waals surface area contributed by atoms with E-state index in [1.54, 1.807) is 23.0 Å². The Morgan fingerprint density at radius 1 is 1.21 bits per heavy atom. The third-order valence-corrected chi connectivity index (χ3v) is 4.89. The second kappa shape index (κ2) is 7.18. The summed E-state index contributed by atoms with van der Waals surface area (Å²) in [6.07, 6.45) is 6.96. The van der Waals surface area contributed by atoms with Gasteiger partial charge in [-0.3, -0.25) is 14.7 Å². The molecule has 5 heteroatoms. The van der Waals surface area contributed by atoms with Crippen molar-refractivity contribution in [2.24, 2.45) is 0 Å². The van der Waals surface area contributed by atoms with E-state index >= 15 is 0 Å². The molecule has 1 saturated heterocycles. The molecule has 1 aliphatic rings. The van der Waals surface area contributed by atoms with Crippen molar-refractivity contribution in [2.75, 3.05) is 13.1 Å². The molecule has 1 aliphatic heterocycles. The van der Waals surface area contributed by atoms with Crippen molar-refractivity contribution in [1.29, 1.82) is 0 Å². The lowest BCUT2D eigenvalue weighted by Crippen LogP contribution is -2.38. The first kappa shape index (κ1) is 16.7. The molecule has 1 fully saturated rings. The molecule has 0 saturated carbocycles. The van der Waals surface area contributed by atoms with Crippen LogP contribution in [0.25, 0.3) is 0 Å². The number of aryl methyl sites for hydroxylation is 1. The molecule has 5 nitrogen and oxygen atoms in total. The van der Waals surface area contributed by atoms with Gasteiger partial charge in [-0.15, -0.1) is 0 Å². The van der Waals surface area contributed by atoms with Crippen molar-refractivity contribution in [1.82, 2.24) is 14.5 Å². The number of nitrogens with zero attached hydrogens (tertiary/aromatic N) is 3. The minimum atomic E-state index is -0.223. The van der Waals surface area contributed by atoms with Crippen LogP contribution in [0.1, 0.15) is 49.0 Å². The molecule has 0 unspecified atom stereocenters. The number of rotatable bonds is 4. The normalized spacial score (nSPS) is 16.9. The lowest BCUT2D eigenvalue weighted by atomic mass is 9.95.